The molecular formula is C15H11BrO. The van der Waals surface area contributed by atoms with E-state index in [0.29, 0.717) is 4.48 Å². The lowest BCUT2D eigenvalue weighted by Gasteiger charge is -2.08. The monoisotopic (exact) mass is 286 g/mol. The molecule has 0 spiro atoms. The third kappa shape index (κ3) is 2.71. The van der Waals surface area contributed by atoms with Crippen molar-refractivity contribution in [2.45, 2.75) is 0 Å². The lowest BCUT2D eigenvalue weighted by atomic mass is 9.98. The molecule has 0 bridgehead atoms. The van der Waals surface area contributed by atoms with E-state index in [0.717, 1.165) is 23.0 Å². The van der Waals surface area contributed by atoms with Gasteiger partial charge in [-0.25, -0.2) is 0 Å². The molecule has 2 aromatic rings. The molecule has 84 valence electrons. The molecule has 0 aromatic heterocycles. The SMILES string of the molecule is O=CC(Br)=C(c1ccccc1)c1ccccc1. The van der Waals surface area contributed by atoms with Crippen molar-refractivity contribution in [3.63, 3.8) is 0 Å². The highest BCUT2D eigenvalue weighted by atomic mass is 79.9. The molecule has 0 radical (unpaired) electrons. The fraction of sp³-hybridized carbons (Fsp3) is 0. The third-order valence-electron chi connectivity index (χ3n) is 2.47. The fourth-order valence-electron chi connectivity index (χ4n) is 1.71. The van der Waals surface area contributed by atoms with Crippen LogP contribution in [0.2, 0.25) is 0 Å². The van der Waals surface area contributed by atoms with E-state index < -0.39 is 0 Å². The summed E-state index contributed by atoms with van der Waals surface area (Å²) in [7, 11) is 0. The summed E-state index contributed by atoms with van der Waals surface area (Å²) in [6.45, 7) is 0. The van der Waals surface area contributed by atoms with Crippen molar-refractivity contribution in [1.82, 2.24) is 0 Å². The normalized spacial score (nSPS) is 9.71. The summed E-state index contributed by atoms with van der Waals surface area (Å²) in [5.41, 5.74) is 2.97. The van der Waals surface area contributed by atoms with Crippen molar-refractivity contribution in [2.75, 3.05) is 0 Å². The Bertz CT molecular complexity index is 488. The zero-order valence-corrected chi connectivity index (χ0v) is 10.7. The molecule has 2 aromatic carbocycles. The minimum Gasteiger partial charge on any atom is -0.297 e. The number of aldehydes is 1. The van der Waals surface area contributed by atoms with E-state index in [2.05, 4.69) is 15.9 Å². The molecule has 0 heterocycles. The van der Waals surface area contributed by atoms with Gasteiger partial charge >= 0.3 is 0 Å². The molecule has 17 heavy (non-hydrogen) atoms. The summed E-state index contributed by atoms with van der Waals surface area (Å²) in [4.78, 5) is 11.0. The Morgan fingerprint density at radius 1 is 0.824 bits per heavy atom. The number of benzene rings is 2. The van der Waals surface area contributed by atoms with Gasteiger partial charge in [0.15, 0.2) is 6.29 Å². The van der Waals surface area contributed by atoms with Gasteiger partial charge in [0, 0.05) is 5.57 Å². The lowest BCUT2D eigenvalue weighted by molar-refractivity contribution is -0.104. The fourth-order valence-corrected chi connectivity index (χ4v) is 2.17. The van der Waals surface area contributed by atoms with Gasteiger partial charge in [-0.05, 0) is 27.1 Å². The van der Waals surface area contributed by atoms with Gasteiger partial charge in [-0.15, -0.1) is 0 Å². The maximum atomic E-state index is 11.0. The van der Waals surface area contributed by atoms with E-state index in [-0.39, 0.29) is 0 Å². The van der Waals surface area contributed by atoms with E-state index in [1.165, 1.54) is 0 Å². The highest BCUT2D eigenvalue weighted by Gasteiger charge is 2.08. The van der Waals surface area contributed by atoms with E-state index >= 15 is 0 Å². The Morgan fingerprint density at radius 3 is 1.59 bits per heavy atom. The summed E-state index contributed by atoms with van der Waals surface area (Å²) >= 11 is 3.33. The second kappa shape index (κ2) is 5.60. The first-order valence-electron chi connectivity index (χ1n) is 5.28. The highest BCUT2D eigenvalue weighted by Crippen LogP contribution is 2.28. The molecule has 0 saturated carbocycles. The Kier molecular flexibility index (Phi) is 3.89. The van der Waals surface area contributed by atoms with Gasteiger partial charge in [0.2, 0.25) is 0 Å². The van der Waals surface area contributed by atoms with Gasteiger partial charge in [0.1, 0.15) is 0 Å². The number of carbonyl (C=O) groups excluding carboxylic acids is 1. The largest absolute Gasteiger partial charge is 0.297 e. The molecular weight excluding hydrogens is 276 g/mol. The maximum absolute atomic E-state index is 11.0. The third-order valence-corrected chi connectivity index (χ3v) is 3.05. The zero-order valence-electron chi connectivity index (χ0n) is 9.14. The van der Waals surface area contributed by atoms with Crippen molar-refractivity contribution < 1.29 is 4.79 Å². The molecule has 0 N–H and O–H groups in total. The summed E-state index contributed by atoms with van der Waals surface area (Å²) in [5.74, 6) is 0. The maximum Gasteiger partial charge on any atom is 0.157 e. The quantitative estimate of drug-likeness (QED) is 0.615. The van der Waals surface area contributed by atoms with E-state index in [1.54, 1.807) is 0 Å². The van der Waals surface area contributed by atoms with Gasteiger partial charge in [0.25, 0.3) is 0 Å². The van der Waals surface area contributed by atoms with Crippen LogP contribution in [0, 0.1) is 0 Å². The van der Waals surface area contributed by atoms with Crippen LogP contribution in [0.15, 0.2) is 65.1 Å². The van der Waals surface area contributed by atoms with Gasteiger partial charge in [-0.3, -0.25) is 4.79 Å². The van der Waals surface area contributed by atoms with Gasteiger partial charge in [-0.2, -0.15) is 0 Å². The zero-order chi connectivity index (χ0) is 12.1. The average Bonchev–Trinajstić information content (AvgIpc) is 2.41. The van der Waals surface area contributed by atoms with E-state index in [9.17, 15) is 4.79 Å². The predicted octanol–water partition coefficient (Wildman–Crippen LogP) is 4.04. The Hall–Kier alpha value is -1.67. The van der Waals surface area contributed by atoms with Gasteiger partial charge < -0.3 is 0 Å². The average molecular weight is 287 g/mol. The lowest BCUT2D eigenvalue weighted by Crippen LogP contribution is -1.91. The molecule has 0 aliphatic carbocycles. The first-order chi connectivity index (χ1) is 8.33. The number of hydrogen-bond donors (Lipinski definition) is 0. The van der Waals surface area contributed by atoms with Crippen LogP contribution < -0.4 is 0 Å². The standard InChI is InChI=1S/C15H11BrO/c16-14(11-17)15(12-7-3-1-4-8-12)13-9-5-2-6-10-13/h1-11H. The summed E-state index contributed by atoms with van der Waals surface area (Å²) in [6, 6.07) is 19.7. The molecule has 2 heteroatoms. The minimum atomic E-state index is 0.565. The van der Waals surface area contributed by atoms with Crippen LogP contribution in [0.5, 0.6) is 0 Å². The van der Waals surface area contributed by atoms with Crippen molar-refractivity contribution in [3.05, 3.63) is 76.3 Å². The summed E-state index contributed by atoms with van der Waals surface area (Å²) in [5, 5.41) is 0. The van der Waals surface area contributed by atoms with Crippen molar-refractivity contribution in [1.29, 1.82) is 0 Å². The smallest absolute Gasteiger partial charge is 0.157 e. The molecule has 0 aliphatic rings. The number of rotatable bonds is 3. The van der Waals surface area contributed by atoms with Gasteiger partial charge in [-0.1, -0.05) is 60.7 Å². The van der Waals surface area contributed by atoms with Crippen molar-refractivity contribution in [2.24, 2.45) is 0 Å². The Labute approximate surface area is 109 Å². The highest BCUT2D eigenvalue weighted by molar-refractivity contribution is 9.12. The molecule has 0 saturated heterocycles. The topological polar surface area (TPSA) is 17.1 Å². The molecule has 0 atom stereocenters. The van der Waals surface area contributed by atoms with Crippen LogP contribution in [-0.2, 0) is 4.79 Å². The first kappa shape index (κ1) is 11.8. The Balaban J connectivity index is 2.60. The molecule has 0 unspecified atom stereocenters. The van der Waals surface area contributed by atoms with Crippen LogP contribution in [0.25, 0.3) is 5.57 Å². The van der Waals surface area contributed by atoms with Gasteiger partial charge in [0.05, 0.1) is 4.48 Å². The number of halogens is 1. The molecule has 0 amide bonds. The van der Waals surface area contributed by atoms with Crippen LogP contribution in [0.3, 0.4) is 0 Å². The Morgan fingerprint density at radius 2 is 1.24 bits per heavy atom. The van der Waals surface area contributed by atoms with Crippen molar-refractivity contribution in [3.8, 4) is 0 Å². The molecule has 1 nitrogen and oxygen atoms in total. The first-order valence-corrected chi connectivity index (χ1v) is 6.08. The molecule has 0 aliphatic heterocycles. The number of hydrogen-bond acceptors (Lipinski definition) is 1. The summed E-state index contributed by atoms with van der Waals surface area (Å²) < 4.78 is 0.565. The second-order valence-electron chi connectivity index (χ2n) is 3.57. The molecule has 0 fully saturated rings. The number of allylic oxidation sites excluding steroid dienone is 1. The van der Waals surface area contributed by atoms with Crippen LogP contribution in [0.1, 0.15) is 11.1 Å². The number of carbonyl (C=O) groups is 1. The second-order valence-corrected chi connectivity index (χ2v) is 4.43. The summed E-state index contributed by atoms with van der Waals surface area (Å²) in [6.07, 6.45) is 0.829. The van der Waals surface area contributed by atoms with Crippen LogP contribution in [0.4, 0.5) is 0 Å². The van der Waals surface area contributed by atoms with Crippen LogP contribution in [-0.4, -0.2) is 6.29 Å². The van der Waals surface area contributed by atoms with Crippen molar-refractivity contribution >= 4 is 27.8 Å². The predicted molar refractivity (Wildman–Crippen MR) is 73.9 cm³/mol. The van der Waals surface area contributed by atoms with Crippen LogP contribution >= 0.6 is 15.9 Å². The van der Waals surface area contributed by atoms with E-state index in [1.807, 2.05) is 60.7 Å². The molecule has 2 rings (SSSR count). The van der Waals surface area contributed by atoms with E-state index in [4.69, 9.17) is 0 Å². The minimum absolute atomic E-state index is 0.565.